The average Bonchev–Trinajstić information content (AvgIpc) is 2.66. The summed E-state index contributed by atoms with van der Waals surface area (Å²) >= 11 is 5.83. The van der Waals surface area contributed by atoms with Crippen LogP contribution < -0.4 is 15.0 Å². The zero-order valence-electron chi connectivity index (χ0n) is 15.5. The third-order valence-electron chi connectivity index (χ3n) is 4.75. The van der Waals surface area contributed by atoms with Crippen LogP contribution in [0.15, 0.2) is 41.2 Å². The number of nitrogens with zero attached hydrogens (tertiary/aromatic N) is 2. The van der Waals surface area contributed by atoms with Crippen molar-refractivity contribution in [3.8, 4) is 11.5 Å². The maximum absolute atomic E-state index is 12.3. The summed E-state index contributed by atoms with van der Waals surface area (Å²) in [5.41, 5.74) is 0.765. The second-order valence-corrected chi connectivity index (χ2v) is 7.11. The lowest BCUT2D eigenvalue weighted by atomic mass is 10.1. The van der Waals surface area contributed by atoms with E-state index in [1.807, 2.05) is 13.0 Å². The maximum Gasteiger partial charge on any atom is 0.260 e. The molecule has 0 atom stereocenters. The van der Waals surface area contributed by atoms with E-state index in [0.717, 1.165) is 18.5 Å². The van der Waals surface area contributed by atoms with E-state index in [-0.39, 0.29) is 24.2 Å². The fourth-order valence-electron chi connectivity index (χ4n) is 2.99. The number of hydrogen-bond donors (Lipinski definition) is 0. The number of rotatable bonds is 5. The number of ether oxygens (including phenoxy) is 2. The molecule has 1 aromatic heterocycles. The molecule has 0 spiro atoms. The normalized spacial score (nSPS) is 14.9. The number of halogens is 1. The number of hydrogen-bond acceptors (Lipinski definition) is 4. The Hall–Kier alpha value is -2.47. The molecule has 7 heteroatoms. The summed E-state index contributed by atoms with van der Waals surface area (Å²) in [6.45, 7) is 3.09. The SMILES string of the molecule is Cc1cc(OC2CCN(C(=O)COc3ccc(Cl)cc3)CC2)cc(=O)n1C. The first-order valence-corrected chi connectivity index (χ1v) is 9.30. The molecule has 1 fully saturated rings. The van der Waals surface area contributed by atoms with E-state index in [4.69, 9.17) is 21.1 Å². The molecule has 0 unspecified atom stereocenters. The van der Waals surface area contributed by atoms with Crippen LogP contribution in [0.5, 0.6) is 11.5 Å². The summed E-state index contributed by atoms with van der Waals surface area (Å²) in [6.07, 6.45) is 1.44. The van der Waals surface area contributed by atoms with Gasteiger partial charge in [-0.1, -0.05) is 11.6 Å². The molecule has 1 aliphatic rings. The van der Waals surface area contributed by atoms with Crippen LogP contribution in [0, 0.1) is 6.92 Å². The van der Waals surface area contributed by atoms with Gasteiger partial charge >= 0.3 is 0 Å². The highest BCUT2D eigenvalue weighted by atomic mass is 35.5. The van der Waals surface area contributed by atoms with E-state index in [9.17, 15) is 9.59 Å². The van der Waals surface area contributed by atoms with Gasteiger partial charge in [-0.15, -0.1) is 0 Å². The molecular weight excluding hydrogens is 368 g/mol. The molecule has 0 N–H and O–H groups in total. The van der Waals surface area contributed by atoms with Crippen LogP contribution >= 0.6 is 11.6 Å². The van der Waals surface area contributed by atoms with Crippen molar-refractivity contribution in [2.24, 2.45) is 7.05 Å². The Morgan fingerprint density at radius 3 is 2.44 bits per heavy atom. The van der Waals surface area contributed by atoms with Gasteiger partial charge in [0.25, 0.3) is 11.5 Å². The monoisotopic (exact) mass is 390 g/mol. The predicted octanol–water partition coefficient (Wildman–Crippen LogP) is 2.80. The smallest absolute Gasteiger partial charge is 0.260 e. The minimum atomic E-state index is -0.0861. The summed E-state index contributed by atoms with van der Waals surface area (Å²) in [7, 11) is 1.73. The van der Waals surface area contributed by atoms with Crippen LogP contribution in [0.2, 0.25) is 5.02 Å². The lowest BCUT2D eigenvalue weighted by molar-refractivity contribution is -0.135. The molecule has 1 aliphatic heterocycles. The summed E-state index contributed by atoms with van der Waals surface area (Å²) in [5.74, 6) is 1.16. The van der Waals surface area contributed by atoms with Crippen molar-refractivity contribution >= 4 is 17.5 Å². The predicted molar refractivity (Wildman–Crippen MR) is 104 cm³/mol. The largest absolute Gasteiger partial charge is 0.490 e. The van der Waals surface area contributed by atoms with E-state index in [2.05, 4.69) is 0 Å². The van der Waals surface area contributed by atoms with E-state index >= 15 is 0 Å². The molecule has 6 nitrogen and oxygen atoms in total. The van der Waals surface area contributed by atoms with Gasteiger partial charge in [0.15, 0.2) is 6.61 Å². The van der Waals surface area contributed by atoms with Crippen molar-refractivity contribution in [1.29, 1.82) is 0 Å². The number of piperidine rings is 1. The van der Waals surface area contributed by atoms with Crippen LogP contribution in [0.3, 0.4) is 0 Å². The number of carbonyl (C=O) groups excluding carboxylic acids is 1. The highest BCUT2D eigenvalue weighted by Crippen LogP contribution is 2.19. The Labute approximate surface area is 163 Å². The van der Waals surface area contributed by atoms with Crippen molar-refractivity contribution in [1.82, 2.24) is 9.47 Å². The molecule has 27 heavy (non-hydrogen) atoms. The van der Waals surface area contributed by atoms with Crippen molar-refractivity contribution in [2.75, 3.05) is 19.7 Å². The lowest BCUT2D eigenvalue weighted by Gasteiger charge is -2.32. The lowest BCUT2D eigenvalue weighted by Crippen LogP contribution is -2.43. The van der Waals surface area contributed by atoms with Gasteiger partial charge in [0.2, 0.25) is 0 Å². The van der Waals surface area contributed by atoms with Crippen LogP contribution in [0.25, 0.3) is 0 Å². The number of pyridine rings is 1. The van der Waals surface area contributed by atoms with Gasteiger partial charge in [0, 0.05) is 49.8 Å². The first-order valence-electron chi connectivity index (χ1n) is 8.93. The quantitative estimate of drug-likeness (QED) is 0.787. The van der Waals surface area contributed by atoms with Gasteiger partial charge in [-0.3, -0.25) is 9.59 Å². The molecule has 0 saturated carbocycles. The minimum Gasteiger partial charge on any atom is -0.490 e. The molecule has 144 valence electrons. The number of amides is 1. The number of aromatic nitrogens is 1. The maximum atomic E-state index is 12.3. The third kappa shape index (κ3) is 5.04. The van der Waals surface area contributed by atoms with E-state index in [1.54, 1.807) is 40.8 Å². The third-order valence-corrected chi connectivity index (χ3v) is 5.00. The van der Waals surface area contributed by atoms with Crippen LogP contribution in [0.4, 0.5) is 0 Å². The Morgan fingerprint density at radius 1 is 1.15 bits per heavy atom. The van der Waals surface area contributed by atoms with Crippen molar-refractivity contribution in [2.45, 2.75) is 25.9 Å². The molecule has 2 heterocycles. The second kappa shape index (κ2) is 8.48. The van der Waals surface area contributed by atoms with Gasteiger partial charge < -0.3 is 18.9 Å². The van der Waals surface area contributed by atoms with Gasteiger partial charge in [0.05, 0.1) is 0 Å². The van der Waals surface area contributed by atoms with Gasteiger partial charge in [0.1, 0.15) is 17.6 Å². The fourth-order valence-corrected chi connectivity index (χ4v) is 3.11. The Balaban J connectivity index is 1.47. The minimum absolute atomic E-state index is 0.00107. The Morgan fingerprint density at radius 2 is 1.81 bits per heavy atom. The number of aryl methyl sites for hydroxylation is 1. The van der Waals surface area contributed by atoms with Crippen LogP contribution in [-0.4, -0.2) is 41.2 Å². The standard InChI is InChI=1S/C20H23ClN2O4/c1-14-11-18(12-19(24)22(14)2)27-17-7-9-23(10-8-17)20(25)13-26-16-5-3-15(21)4-6-16/h3-6,11-12,17H,7-10,13H2,1-2H3. The summed E-state index contributed by atoms with van der Waals surface area (Å²) in [6, 6.07) is 10.3. The summed E-state index contributed by atoms with van der Waals surface area (Å²) in [5, 5.41) is 0.627. The van der Waals surface area contributed by atoms with Crippen molar-refractivity contribution < 1.29 is 14.3 Å². The van der Waals surface area contributed by atoms with E-state index < -0.39 is 0 Å². The molecule has 1 amide bonds. The van der Waals surface area contributed by atoms with Crippen molar-refractivity contribution in [3.63, 3.8) is 0 Å². The van der Waals surface area contributed by atoms with Crippen LogP contribution in [0.1, 0.15) is 18.5 Å². The highest BCUT2D eigenvalue weighted by molar-refractivity contribution is 6.30. The summed E-state index contributed by atoms with van der Waals surface area (Å²) < 4.78 is 13.0. The zero-order chi connectivity index (χ0) is 19.4. The van der Waals surface area contributed by atoms with E-state index in [1.165, 1.54) is 6.07 Å². The topological polar surface area (TPSA) is 60.8 Å². The van der Waals surface area contributed by atoms with Crippen molar-refractivity contribution in [3.05, 3.63) is 57.5 Å². The first kappa shape index (κ1) is 19.3. The van der Waals surface area contributed by atoms with E-state index in [0.29, 0.717) is 29.6 Å². The highest BCUT2D eigenvalue weighted by Gasteiger charge is 2.24. The van der Waals surface area contributed by atoms with Gasteiger partial charge in [-0.05, 0) is 37.3 Å². The fraction of sp³-hybridized carbons (Fsp3) is 0.400. The molecule has 0 aliphatic carbocycles. The summed E-state index contributed by atoms with van der Waals surface area (Å²) in [4.78, 5) is 26.0. The van der Waals surface area contributed by atoms with Gasteiger partial charge in [-0.2, -0.15) is 0 Å². The average molecular weight is 391 g/mol. The molecule has 1 saturated heterocycles. The first-order chi connectivity index (χ1) is 12.9. The number of likely N-dealkylation sites (tertiary alicyclic amines) is 1. The zero-order valence-corrected chi connectivity index (χ0v) is 16.2. The molecule has 1 aromatic carbocycles. The van der Waals surface area contributed by atoms with Gasteiger partial charge in [-0.25, -0.2) is 0 Å². The molecular formula is C20H23ClN2O4. The second-order valence-electron chi connectivity index (χ2n) is 6.67. The molecule has 0 radical (unpaired) electrons. The molecule has 3 rings (SSSR count). The van der Waals surface area contributed by atoms with Crippen LogP contribution in [-0.2, 0) is 11.8 Å². The Bertz CT molecular complexity index is 855. The number of carbonyl (C=O) groups is 1. The molecule has 0 bridgehead atoms. The number of benzene rings is 1. The molecule has 2 aromatic rings. The Kier molecular flexibility index (Phi) is 6.06.